The molecule has 2 rings (SSSR count). The molecule has 2 aromatic carbocycles. The van der Waals surface area contributed by atoms with E-state index in [4.69, 9.17) is 9.47 Å². The largest absolute Gasteiger partial charge is 0.462 e. The summed E-state index contributed by atoms with van der Waals surface area (Å²) in [5.41, 5.74) is 3.63. The maximum atomic E-state index is 12.0. The minimum atomic E-state index is -0.650. The molecule has 0 atom stereocenters. The van der Waals surface area contributed by atoms with E-state index in [1.807, 2.05) is 26.0 Å². The third-order valence-corrected chi connectivity index (χ3v) is 4.39. The van der Waals surface area contributed by atoms with E-state index >= 15 is 0 Å². The zero-order valence-corrected chi connectivity index (χ0v) is 17.8. The molecule has 0 aromatic heterocycles. The number of amides is 2. The van der Waals surface area contributed by atoms with Crippen LogP contribution in [0.4, 0.5) is 11.4 Å². The highest BCUT2D eigenvalue weighted by Gasteiger charge is 2.12. The van der Waals surface area contributed by atoms with Crippen LogP contribution in [-0.2, 0) is 23.9 Å². The van der Waals surface area contributed by atoms with Crippen LogP contribution in [0.15, 0.2) is 42.5 Å². The third kappa shape index (κ3) is 7.93. The van der Waals surface area contributed by atoms with E-state index in [2.05, 4.69) is 10.6 Å². The zero-order valence-electron chi connectivity index (χ0n) is 17.8. The molecular formula is C23H26N2O6. The molecule has 0 unspecified atom stereocenters. The molecule has 0 bridgehead atoms. The molecule has 0 aliphatic rings. The molecule has 0 saturated carbocycles. The molecule has 164 valence electrons. The molecule has 2 amide bonds. The molecule has 0 aliphatic carbocycles. The lowest BCUT2D eigenvalue weighted by Crippen LogP contribution is -2.21. The van der Waals surface area contributed by atoms with E-state index in [1.165, 1.54) is 12.1 Å². The molecule has 0 fully saturated rings. The van der Waals surface area contributed by atoms with Crippen molar-refractivity contribution in [2.75, 3.05) is 23.8 Å². The Bertz CT molecular complexity index is 953. The number of rotatable bonds is 9. The van der Waals surface area contributed by atoms with Crippen molar-refractivity contribution in [3.8, 4) is 0 Å². The maximum Gasteiger partial charge on any atom is 0.338 e. The van der Waals surface area contributed by atoms with Gasteiger partial charge in [0.2, 0.25) is 5.91 Å². The van der Waals surface area contributed by atoms with Gasteiger partial charge in [-0.25, -0.2) is 4.79 Å². The second-order valence-corrected chi connectivity index (χ2v) is 6.85. The van der Waals surface area contributed by atoms with Crippen LogP contribution in [0, 0.1) is 13.8 Å². The normalized spacial score (nSPS) is 10.2. The van der Waals surface area contributed by atoms with E-state index < -0.39 is 24.5 Å². The van der Waals surface area contributed by atoms with E-state index in [9.17, 15) is 19.2 Å². The average Bonchev–Trinajstić information content (AvgIpc) is 2.74. The highest BCUT2D eigenvalue weighted by molar-refractivity contribution is 5.95. The highest BCUT2D eigenvalue weighted by atomic mass is 16.5. The molecule has 0 spiro atoms. The van der Waals surface area contributed by atoms with Gasteiger partial charge in [-0.15, -0.1) is 0 Å². The number of carbonyl (C=O) groups excluding carboxylic acids is 4. The number of benzene rings is 2. The number of aryl methyl sites for hydroxylation is 2. The molecular weight excluding hydrogens is 400 g/mol. The Kier molecular flexibility index (Phi) is 8.75. The lowest BCUT2D eigenvalue weighted by molar-refractivity contribution is -0.147. The first kappa shape index (κ1) is 23.6. The fourth-order valence-electron chi connectivity index (χ4n) is 2.58. The quantitative estimate of drug-likeness (QED) is 0.595. The van der Waals surface area contributed by atoms with E-state index in [-0.39, 0.29) is 25.4 Å². The summed E-state index contributed by atoms with van der Waals surface area (Å²) in [5, 5.41) is 5.28. The summed E-state index contributed by atoms with van der Waals surface area (Å²) in [6, 6.07) is 11.7. The number of hydrogen-bond acceptors (Lipinski definition) is 6. The van der Waals surface area contributed by atoms with Gasteiger partial charge >= 0.3 is 11.9 Å². The van der Waals surface area contributed by atoms with Gasteiger partial charge in [0.25, 0.3) is 5.91 Å². The minimum absolute atomic E-state index is 0.1000. The summed E-state index contributed by atoms with van der Waals surface area (Å²) in [7, 11) is 0. The van der Waals surface area contributed by atoms with E-state index in [0.717, 1.165) is 11.1 Å². The van der Waals surface area contributed by atoms with Crippen LogP contribution in [0.3, 0.4) is 0 Å². The molecule has 0 heterocycles. The Labute approximate surface area is 180 Å². The van der Waals surface area contributed by atoms with Crippen molar-refractivity contribution >= 4 is 35.1 Å². The fraction of sp³-hybridized carbons (Fsp3) is 0.304. The number of esters is 2. The van der Waals surface area contributed by atoms with Gasteiger partial charge in [-0.3, -0.25) is 14.4 Å². The second-order valence-electron chi connectivity index (χ2n) is 6.85. The predicted molar refractivity (Wildman–Crippen MR) is 116 cm³/mol. The Morgan fingerprint density at radius 2 is 1.42 bits per heavy atom. The predicted octanol–water partition coefficient (Wildman–Crippen LogP) is 3.38. The van der Waals surface area contributed by atoms with Gasteiger partial charge in [0.15, 0.2) is 6.61 Å². The smallest absolute Gasteiger partial charge is 0.338 e. The molecule has 2 N–H and O–H groups in total. The van der Waals surface area contributed by atoms with Gasteiger partial charge < -0.3 is 20.1 Å². The van der Waals surface area contributed by atoms with Crippen LogP contribution >= 0.6 is 0 Å². The first-order valence-electron chi connectivity index (χ1n) is 9.88. The van der Waals surface area contributed by atoms with Gasteiger partial charge in [0.05, 0.1) is 18.6 Å². The van der Waals surface area contributed by atoms with Crippen LogP contribution < -0.4 is 10.6 Å². The van der Waals surface area contributed by atoms with Crippen molar-refractivity contribution in [2.45, 2.75) is 33.6 Å². The van der Waals surface area contributed by atoms with Crippen molar-refractivity contribution < 1.29 is 28.7 Å². The number of anilines is 2. The highest BCUT2D eigenvalue weighted by Crippen LogP contribution is 2.14. The first-order valence-corrected chi connectivity index (χ1v) is 9.88. The monoisotopic (exact) mass is 426 g/mol. The summed E-state index contributed by atoms with van der Waals surface area (Å²) in [6.45, 7) is 5.47. The fourth-order valence-corrected chi connectivity index (χ4v) is 2.58. The second kappa shape index (κ2) is 11.5. The third-order valence-electron chi connectivity index (χ3n) is 4.39. The molecule has 0 aliphatic heterocycles. The standard InChI is InChI=1S/C23H26N2O6/c1-4-30-23(29)17-6-9-18(10-7-17)24-20(26)11-12-22(28)31-14-21(27)25-19-8-5-15(2)16(3)13-19/h5-10,13H,4,11-12,14H2,1-3H3,(H,24,26)(H,25,27). The van der Waals surface area contributed by atoms with Crippen LogP contribution in [-0.4, -0.2) is 37.0 Å². The van der Waals surface area contributed by atoms with Gasteiger partial charge in [0.1, 0.15) is 0 Å². The van der Waals surface area contributed by atoms with E-state index in [0.29, 0.717) is 16.9 Å². The first-order chi connectivity index (χ1) is 14.8. The molecule has 8 heteroatoms. The Morgan fingerprint density at radius 3 is 2.06 bits per heavy atom. The summed E-state index contributed by atoms with van der Waals surface area (Å²) in [5.74, 6) is -1.93. The van der Waals surface area contributed by atoms with Crippen molar-refractivity contribution in [3.05, 3.63) is 59.2 Å². The Balaban J connectivity index is 1.70. The Morgan fingerprint density at radius 1 is 0.774 bits per heavy atom. The van der Waals surface area contributed by atoms with Crippen LogP contribution in [0.5, 0.6) is 0 Å². The van der Waals surface area contributed by atoms with Crippen molar-refractivity contribution in [2.24, 2.45) is 0 Å². The lowest BCUT2D eigenvalue weighted by atomic mass is 10.1. The van der Waals surface area contributed by atoms with Crippen molar-refractivity contribution in [1.82, 2.24) is 0 Å². The lowest BCUT2D eigenvalue weighted by Gasteiger charge is -2.09. The summed E-state index contributed by atoms with van der Waals surface area (Å²) < 4.78 is 9.80. The average molecular weight is 426 g/mol. The van der Waals surface area contributed by atoms with E-state index in [1.54, 1.807) is 25.1 Å². The number of carbonyl (C=O) groups is 4. The van der Waals surface area contributed by atoms with Crippen LogP contribution in [0.1, 0.15) is 41.3 Å². The molecule has 31 heavy (non-hydrogen) atoms. The summed E-state index contributed by atoms with van der Waals surface area (Å²) in [6.07, 6.45) is -0.263. The minimum Gasteiger partial charge on any atom is -0.462 e. The number of nitrogens with one attached hydrogen (secondary N) is 2. The van der Waals surface area contributed by atoms with Gasteiger partial charge in [-0.2, -0.15) is 0 Å². The Hall–Kier alpha value is -3.68. The van der Waals surface area contributed by atoms with Crippen LogP contribution in [0.2, 0.25) is 0 Å². The maximum absolute atomic E-state index is 12.0. The topological polar surface area (TPSA) is 111 Å². The van der Waals surface area contributed by atoms with Gasteiger partial charge in [-0.1, -0.05) is 6.07 Å². The van der Waals surface area contributed by atoms with Gasteiger partial charge in [0, 0.05) is 17.8 Å². The number of hydrogen-bond donors (Lipinski definition) is 2. The van der Waals surface area contributed by atoms with Crippen molar-refractivity contribution in [3.63, 3.8) is 0 Å². The zero-order chi connectivity index (χ0) is 22.8. The SMILES string of the molecule is CCOC(=O)c1ccc(NC(=O)CCC(=O)OCC(=O)Nc2ccc(C)c(C)c2)cc1. The van der Waals surface area contributed by atoms with Crippen molar-refractivity contribution in [1.29, 1.82) is 0 Å². The molecule has 0 radical (unpaired) electrons. The molecule has 0 saturated heterocycles. The molecule has 2 aromatic rings. The summed E-state index contributed by atoms with van der Waals surface area (Å²) >= 11 is 0. The molecule has 8 nitrogen and oxygen atoms in total. The van der Waals surface area contributed by atoms with Crippen LogP contribution in [0.25, 0.3) is 0 Å². The van der Waals surface area contributed by atoms with Gasteiger partial charge in [-0.05, 0) is 68.3 Å². The summed E-state index contributed by atoms with van der Waals surface area (Å²) in [4.78, 5) is 47.3. The number of ether oxygens (including phenoxy) is 2.